The summed E-state index contributed by atoms with van der Waals surface area (Å²) in [4.78, 5) is 31.7. The molecule has 2 N–H and O–H groups in total. The number of amides is 2. The van der Waals surface area contributed by atoms with Crippen molar-refractivity contribution < 1.29 is 14.3 Å². The van der Waals surface area contributed by atoms with Crippen LogP contribution in [0.5, 0.6) is 0 Å². The van der Waals surface area contributed by atoms with Gasteiger partial charge in [0, 0.05) is 34.3 Å². The van der Waals surface area contributed by atoms with Crippen LogP contribution in [0.15, 0.2) is 0 Å². The summed E-state index contributed by atoms with van der Waals surface area (Å²) in [5.41, 5.74) is 4.28. The van der Waals surface area contributed by atoms with E-state index in [1.807, 2.05) is 11.3 Å². The van der Waals surface area contributed by atoms with Crippen LogP contribution < -0.4 is 10.6 Å². The molecule has 0 spiro atoms. The fourth-order valence-corrected chi connectivity index (χ4v) is 7.11. The van der Waals surface area contributed by atoms with Crippen LogP contribution in [0.4, 0.5) is 9.80 Å². The van der Waals surface area contributed by atoms with E-state index < -0.39 is 0 Å². The molecule has 0 aromatic carbocycles. The number of esters is 1. The molecule has 0 bridgehead atoms. The van der Waals surface area contributed by atoms with E-state index >= 15 is 0 Å². The summed E-state index contributed by atoms with van der Waals surface area (Å²) in [5, 5.41) is 6.59. The molecule has 0 atom stereocenters. The summed E-state index contributed by atoms with van der Waals surface area (Å²) in [6.07, 6.45) is 5.07. The van der Waals surface area contributed by atoms with Crippen LogP contribution in [-0.4, -0.2) is 36.6 Å². The molecule has 1 aliphatic carbocycles. The number of thiophene rings is 2. The number of hydrogen-bond acceptors (Lipinski definition) is 6. The summed E-state index contributed by atoms with van der Waals surface area (Å²) in [6.45, 7) is 10.1. The molecule has 0 saturated carbocycles. The first-order chi connectivity index (χ1) is 15.0. The minimum atomic E-state index is -0.333. The first kappa shape index (κ1) is 22.3. The minimum Gasteiger partial charge on any atom is -0.462 e. The Morgan fingerprint density at radius 3 is 2.65 bits per heavy atom. The maximum Gasteiger partial charge on any atom is 0.341 e. The summed E-state index contributed by atoms with van der Waals surface area (Å²) in [7, 11) is 0. The standard InChI is InChI=1S/C23H31N3O3S2/c1-4-26-11-10-15-17(14(3)30-19(15)13-26)12-24-23(28)25-21-20(22(27)29-5-2)16-8-6-7-9-18(16)31-21/h4-13H2,1-3H3,(H2,24,25,28). The lowest BCUT2D eigenvalue weighted by atomic mass is 9.95. The number of hydrogen-bond donors (Lipinski definition) is 2. The van der Waals surface area contributed by atoms with Gasteiger partial charge in [0.05, 0.1) is 12.2 Å². The molecular formula is C23H31N3O3S2. The van der Waals surface area contributed by atoms with E-state index in [1.54, 1.807) is 6.92 Å². The van der Waals surface area contributed by atoms with Crippen molar-refractivity contribution in [1.29, 1.82) is 0 Å². The molecule has 31 heavy (non-hydrogen) atoms. The average molecular weight is 462 g/mol. The third-order valence-electron chi connectivity index (χ3n) is 6.20. The molecule has 8 heteroatoms. The van der Waals surface area contributed by atoms with Gasteiger partial charge >= 0.3 is 12.0 Å². The van der Waals surface area contributed by atoms with Crippen molar-refractivity contribution in [3.63, 3.8) is 0 Å². The van der Waals surface area contributed by atoms with Gasteiger partial charge in [-0.05, 0) is 69.2 Å². The number of aryl methyl sites for hydroxylation is 2. The second kappa shape index (κ2) is 9.71. The molecule has 0 radical (unpaired) electrons. The first-order valence-corrected chi connectivity index (χ1v) is 12.8. The second-order valence-electron chi connectivity index (χ2n) is 8.10. The van der Waals surface area contributed by atoms with Crippen LogP contribution in [-0.2, 0) is 37.1 Å². The SMILES string of the molecule is CCOC(=O)c1c(NC(=O)NCc2c(C)sc3c2CCN(CC)C3)sc2c1CCCC2. The largest absolute Gasteiger partial charge is 0.462 e. The van der Waals surface area contributed by atoms with Crippen molar-refractivity contribution >= 4 is 39.7 Å². The fraction of sp³-hybridized carbons (Fsp3) is 0.565. The van der Waals surface area contributed by atoms with E-state index in [9.17, 15) is 9.59 Å². The van der Waals surface area contributed by atoms with Crippen molar-refractivity contribution in [3.8, 4) is 0 Å². The molecule has 0 fully saturated rings. The second-order valence-corrected chi connectivity index (χ2v) is 10.5. The molecule has 168 valence electrons. The lowest BCUT2D eigenvalue weighted by Crippen LogP contribution is -2.31. The van der Waals surface area contributed by atoms with Gasteiger partial charge in [0.2, 0.25) is 0 Å². The van der Waals surface area contributed by atoms with Gasteiger partial charge < -0.3 is 10.1 Å². The molecule has 3 heterocycles. The Hall–Kier alpha value is -1.90. The number of nitrogens with zero attached hydrogens (tertiary/aromatic N) is 1. The zero-order valence-corrected chi connectivity index (χ0v) is 20.2. The summed E-state index contributed by atoms with van der Waals surface area (Å²) >= 11 is 3.37. The van der Waals surface area contributed by atoms with Crippen molar-refractivity contribution in [2.75, 3.05) is 25.0 Å². The number of rotatable bonds is 6. The van der Waals surface area contributed by atoms with Gasteiger partial charge in [-0.1, -0.05) is 6.92 Å². The van der Waals surface area contributed by atoms with Crippen molar-refractivity contribution in [2.24, 2.45) is 0 Å². The predicted molar refractivity (Wildman–Crippen MR) is 126 cm³/mol. The summed E-state index contributed by atoms with van der Waals surface area (Å²) in [5.74, 6) is -0.333. The Labute approximate surface area is 192 Å². The van der Waals surface area contributed by atoms with E-state index in [1.165, 1.54) is 37.1 Å². The van der Waals surface area contributed by atoms with Gasteiger partial charge in [-0.3, -0.25) is 10.2 Å². The van der Waals surface area contributed by atoms with E-state index in [-0.39, 0.29) is 12.0 Å². The fourth-order valence-electron chi connectivity index (χ4n) is 4.55. The van der Waals surface area contributed by atoms with Gasteiger partial charge in [-0.25, -0.2) is 9.59 Å². The maximum absolute atomic E-state index is 12.8. The number of ether oxygens (including phenoxy) is 1. The van der Waals surface area contributed by atoms with Crippen molar-refractivity contribution in [3.05, 3.63) is 36.9 Å². The number of urea groups is 1. The van der Waals surface area contributed by atoms with Crippen molar-refractivity contribution in [1.82, 2.24) is 10.2 Å². The smallest absolute Gasteiger partial charge is 0.341 e. The van der Waals surface area contributed by atoms with Crippen LogP contribution in [0.25, 0.3) is 0 Å². The number of likely N-dealkylation sites (N-methyl/N-ethyl adjacent to an activating group) is 1. The normalized spacial score (nSPS) is 15.8. The predicted octanol–water partition coefficient (Wildman–Crippen LogP) is 4.87. The zero-order chi connectivity index (χ0) is 22.0. The minimum absolute atomic E-state index is 0.269. The zero-order valence-electron chi connectivity index (χ0n) is 18.6. The summed E-state index contributed by atoms with van der Waals surface area (Å²) in [6, 6.07) is -0.269. The highest BCUT2D eigenvalue weighted by Gasteiger charge is 2.27. The number of anilines is 1. The van der Waals surface area contributed by atoms with Crippen LogP contribution in [0.1, 0.15) is 68.4 Å². The molecule has 1 aliphatic heterocycles. The van der Waals surface area contributed by atoms with Gasteiger partial charge in [0.1, 0.15) is 5.00 Å². The van der Waals surface area contributed by atoms with Gasteiger partial charge in [-0.15, -0.1) is 22.7 Å². The molecule has 0 saturated heterocycles. The molecule has 2 aliphatic rings. The first-order valence-electron chi connectivity index (χ1n) is 11.2. The quantitative estimate of drug-likeness (QED) is 0.602. The molecule has 2 aromatic heterocycles. The molecule has 2 amide bonds. The maximum atomic E-state index is 12.8. The van der Waals surface area contributed by atoms with Crippen LogP contribution in [0.3, 0.4) is 0 Å². The third-order valence-corrected chi connectivity index (χ3v) is 8.58. The van der Waals surface area contributed by atoms with Crippen LogP contribution >= 0.6 is 22.7 Å². The number of nitrogens with one attached hydrogen (secondary N) is 2. The molecular weight excluding hydrogens is 430 g/mol. The molecule has 4 rings (SSSR count). The lowest BCUT2D eigenvalue weighted by molar-refractivity contribution is 0.0526. The van der Waals surface area contributed by atoms with E-state index in [4.69, 9.17) is 4.74 Å². The lowest BCUT2D eigenvalue weighted by Gasteiger charge is -2.25. The monoisotopic (exact) mass is 461 g/mol. The Morgan fingerprint density at radius 2 is 1.87 bits per heavy atom. The average Bonchev–Trinajstić information content (AvgIpc) is 3.27. The van der Waals surface area contributed by atoms with E-state index in [0.717, 1.165) is 57.3 Å². The van der Waals surface area contributed by atoms with Crippen molar-refractivity contribution in [2.45, 2.75) is 66.0 Å². The third kappa shape index (κ3) is 4.66. The molecule has 6 nitrogen and oxygen atoms in total. The van der Waals surface area contributed by atoms with Gasteiger partial charge in [0.15, 0.2) is 0 Å². The number of carbonyl (C=O) groups excluding carboxylic acids is 2. The number of fused-ring (bicyclic) bond motifs is 2. The highest BCUT2D eigenvalue weighted by molar-refractivity contribution is 7.17. The van der Waals surface area contributed by atoms with Gasteiger partial charge in [-0.2, -0.15) is 0 Å². The summed E-state index contributed by atoms with van der Waals surface area (Å²) < 4.78 is 5.28. The van der Waals surface area contributed by atoms with Crippen LogP contribution in [0.2, 0.25) is 0 Å². The van der Waals surface area contributed by atoms with E-state index in [2.05, 4.69) is 29.4 Å². The molecule has 0 unspecified atom stereocenters. The highest BCUT2D eigenvalue weighted by atomic mass is 32.1. The topological polar surface area (TPSA) is 70.7 Å². The highest BCUT2D eigenvalue weighted by Crippen LogP contribution is 2.38. The Bertz CT molecular complexity index is 979. The Balaban J connectivity index is 1.46. The van der Waals surface area contributed by atoms with Crippen LogP contribution in [0, 0.1) is 6.92 Å². The Kier molecular flexibility index (Phi) is 6.99. The Morgan fingerprint density at radius 1 is 1.06 bits per heavy atom. The number of carbonyl (C=O) groups is 2. The van der Waals surface area contributed by atoms with Gasteiger partial charge in [0.25, 0.3) is 0 Å². The van der Waals surface area contributed by atoms with E-state index in [0.29, 0.717) is 23.7 Å². The molecule has 2 aromatic rings.